The second kappa shape index (κ2) is 6.11. The minimum Gasteiger partial charge on any atom is -0.390 e. The van der Waals surface area contributed by atoms with E-state index < -0.39 is 11.6 Å². The summed E-state index contributed by atoms with van der Waals surface area (Å²) in [4.78, 5) is 19.5. The number of hydrogen-bond acceptors (Lipinski definition) is 3. The summed E-state index contributed by atoms with van der Waals surface area (Å²) in [6.07, 6.45) is -0.358. The Hall–Kier alpha value is -2.47. The number of rotatable bonds is 2. The van der Waals surface area contributed by atoms with Crippen molar-refractivity contribution in [2.45, 2.75) is 6.10 Å². The molecule has 2 heterocycles. The third kappa shape index (κ3) is 2.76. The van der Waals surface area contributed by atoms with Crippen molar-refractivity contribution in [3.05, 3.63) is 70.2 Å². The molecule has 0 aliphatic carbocycles. The number of hydrogen-bond donors (Lipinski definition) is 0. The molecule has 0 aromatic heterocycles. The number of fused-ring (bicyclic) bond motifs is 1. The first-order valence-electron chi connectivity index (χ1n) is 7.77. The highest BCUT2D eigenvalue weighted by Crippen LogP contribution is 2.34. The molecule has 4 rings (SSSR count). The van der Waals surface area contributed by atoms with Crippen LogP contribution in [0.2, 0.25) is 5.02 Å². The van der Waals surface area contributed by atoms with Crippen LogP contribution < -0.4 is 0 Å². The lowest BCUT2D eigenvalue weighted by molar-refractivity contribution is 0.0631. The number of carbonyl (C=O) groups is 1. The summed E-state index contributed by atoms with van der Waals surface area (Å²) >= 11 is 6.11. The summed E-state index contributed by atoms with van der Waals surface area (Å²) in [5.41, 5.74) is 0.877. The first-order valence-corrected chi connectivity index (χ1v) is 8.15. The Morgan fingerprint density at radius 2 is 2.00 bits per heavy atom. The summed E-state index contributed by atoms with van der Waals surface area (Å²) in [6.45, 7) is 0.614. The molecule has 2 aromatic carbocycles. The summed E-state index contributed by atoms with van der Waals surface area (Å²) in [5, 5.41) is 4.24. The quantitative estimate of drug-likeness (QED) is 0.820. The van der Waals surface area contributed by atoms with Gasteiger partial charge >= 0.3 is 0 Å². The van der Waals surface area contributed by atoms with Crippen molar-refractivity contribution in [3.8, 4) is 0 Å². The van der Waals surface area contributed by atoms with Crippen LogP contribution in [0.25, 0.3) is 0 Å². The number of amides is 1. The molecule has 0 N–H and O–H groups in total. The van der Waals surface area contributed by atoms with Gasteiger partial charge < -0.3 is 9.74 Å². The lowest BCUT2D eigenvalue weighted by atomic mass is 9.94. The Balaban J connectivity index is 1.58. The summed E-state index contributed by atoms with van der Waals surface area (Å²) in [7, 11) is 0. The first kappa shape index (κ1) is 16.0. The lowest BCUT2D eigenvalue weighted by Crippen LogP contribution is -2.30. The van der Waals surface area contributed by atoms with E-state index in [-0.39, 0.29) is 34.1 Å². The minimum absolute atomic E-state index is 0.205. The Kier molecular flexibility index (Phi) is 3.92. The average Bonchev–Trinajstić information content (AvgIpc) is 3.16. The highest BCUT2D eigenvalue weighted by Gasteiger charge is 2.45. The molecule has 2 unspecified atom stereocenters. The number of halogens is 3. The van der Waals surface area contributed by atoms with Gasteiger partial charge in [0.25, 0.3) is 5.91 Å². The van der Waals surface area contributed by atoms with Gasteiger partial charge in [-0.15, -0.1) is 0 Å². The van der Waals surface area contributed by atoms with Crippen molar-refractivity contribution < 1.29 is 18.4 Å². The lowest BCUT2D eigenvalue weighted by Gasteiger charge is -2.17. The van der Waals surface area contributed by atoms with Gasteiger partial charge in [0.1, 0.15) is 17.3 Å². The van der Waals surface area contributed by atoms with Gasteiger partial charge in [-0.05, 0) is 30.3 Å². The zero-order valence-corrected chi connectivity index (χ0v) is 13.7. The normalized spacial score (nSPS) is 21.7. The molecule has 25 heavy (non-hydrogen) atoms. The van der Waals surface area contributed by atoms with E-state index in [1.807, 2.05) is 0 Å². The van der Waals surface area contributed by atoms with Crippen LogP contribution in [0.3, 0.4) is 0 Å². The molecule has 2 aliphatic rings. The number of benzene rings is 2. The van der Waals surface area contributed by atoms with Crippen LogP contribution in [0.5, 0.6) is 0 Å². The summed E-state index contributed by atoms with van der Waals surface area (Å²) in [5.74, 6) is -1.52. The largest absolute Gasteiger partial charge is 0.390 e. The number of oxime groups is 1. The number of nitrogens with zero attached hydrogens (tertiary/aromatic N) is 2. The van der Waals surface area contributed by atoms with E-state index in [1.54, 1.807) is 17.0 Å². The highest BCUT2D eigenvalue weighted by atomic mass is 35.5. The van der Waals surface area contributed by atoms with Crippen molar-refractivity contribution in [1.29, 1.82) is 0 Å². The van der Waals surface area contributed by atoms with Crippen LogP contribution in [0, 0.1) is 17.6 Å². The number of carbonyl (C=O) groups excluding carboxylic acids is 1. The molecule has 1 amide bonds. The average molecular weight is 363 g/mol. The third-order valence-electron chi connectivity index (χ3n) is 4.48. The third-order valence-corrected chi connectivity index (χ3v) is 4.80. The molecule has 0 saturated carbocycles. The molecule has 0 bridgehead atoms. The molecule has 1 fully saturated rings. The fourth-order valence-electron chi connectivity index (χ4n) is 3.28. The molecule has 2 aromatic rings. The molecule has 0 radical (unpaired) electrons. The Morgan fingerprint density at radius 3 is 2.76 bits per heavy atom. The van der Waals surface area contributed by atoms with Crippen molar-refractivity contribution in [2.24, 2.45) is 11.1 Å². The van der Waals surface area contributed by atoms with Gasteiger partial charge in [0.2, 0.25) is 0 Å². The van der Waals surface area contributed by atoms with E-state index in [4.69, 9.17) is 16.4 Å². The smallest absolute Gasteiger partial charge is 0.254 e. The van der Waals surface area contributed by atoms with Crippen LogP contribution in [0.15, 0.2) is 47.6 Å². The van der Waals surface area contributed by atoms with Crippen LogP contribution in [-0.4, -0.2) is 35.7 Å². The minimum atomic E-state index is -0.481. The Labute approximate surface area is 147 Å². The van der Waals surface area contributed by atoms with Crippen LogP contribution in [0.4, 0.5) is 8.78 Å². The summed E-state index contributed by atoms with van der Waals surface area (Å²) < 4.78 is 27.5. The maximum Gasteiger partial charge on any atom is 0.254 e. The van der Waals surface area contributed by atoms with E-state index in [2.05, 4.69) is 5.16 Å². The fourth-order valence-corrected chi connectivity index (χ4v) is 3.54. The van der Waals surface area contributed by atoms with Gasteiger partial charge in [-0.2, -0.15) is 0 Å². The van der Waals surface area contributed by atoms with E-state index in [9.17, 15) is 13.6 Å². The van der Waals surface area contributed by atoms with Crippen molar-refractivity contribution in [2.75, 3.05) is 13.1 Å². The molecule has 128 valence electrons. The van der Waals surface area contributed by atoms with Gasteiger partial charge in [0.05, 0.1) is 23.0 Å². The molecule has 4 nitrogen and oxygen atoms in total. The van der Waals surface area contributed by atoms with E-state index in [0.29, 0.717) is 18.8 Å². The molecule has 2 atom stereocenters. The van der Waals surface area contributed by atoms with Crippen molar-refractivity contribution in [3.63, 3.8) is 0 Å². The van der Waals surface area contributed by atoms with E-state index in [0.717, 1.165) is 0 Å². The molecule has 2 aliphatic heterocycles. The van der Waals surface area contributed by atoms with Gasteiger partial charge in [0, 0.05) is 12.1 Å². The maximum atomic E-state index is 14.2. The molecule has 7 heteroatoms. The van der Waals surface area contributed by atoms with E-state index in [1.165, 1.54) is 30.3 Å². The molecular formula is C18H13ClF2N2O2. The zero-order valence-electron chi connectivity index (χ0n) is 13.0. The second-order valence-corrected chi connectivity index (χ2v) is 6.45. The van der Waals surface area contributed by atoms with Crippen molar-refractivity contribution >= 4 is 23.2 Å². The SMILES string of the molecule is O=C(c1cccc(F)c1)N1CC2ON=C(c3c(F)cccc3Cl)C2C1. The predicted molar refractivity (Wildman–Crippen MR) is 88.6 cm³/mol. The Bertz CT molecular complexity index is 867. The summed E-state index contributed by atoms with van der Waals surface area (Å²) in [6, 6.07) is 9.93. The van der Waals surface area contributed by atoms with Crippen LogP contribution in [0.1, 0.15) is 15.9 Å². The maximum absolute atomic E-state index is 14.2. The topological polar surface area (TPSA) is 41.9 Å². The predicted octanol–water partition coefficient (Wildman–Crippen LogP) is 3.49. The van der Waals surface area contributed by atoms with Gasteiger partial charge in [0.15, 0.2) is 6.10 Å². The van der Waals surface area contributed by atoms with Crippen LogP contribution in [-0.2, 0) is 4.84 Å². The number of likely N-dealkylation sites (tertiary alicyclic amines) is 1. The van der Waals surface area contributed by atoms with Crippen molar-refractivity contribution in [1.82, 2.24) is 4.90 Å². The highest BCUT2D eigenvalue weighted by molar-refractivity contribution is 6.34. The van der Waals surface area contributed by atoms with Gasteiger partial charge in [-0.25, -0.2) is 8.78 Å². The van der Waals surface area contributed by atoms with E-state index >= 15 is 0 Å². The zero-order chi connectivity index (χ0) is 17.6. The van der Waals surface area contributed by atoms with Gasteiger partial charge in [-0.3, -0.25) is 4.79 Å². The molecule has 0 spiro atoms. The van der Waals surface area contributed by atoms with Gasteiger partial charge in [-0.1, -0.05) is 28.9 Å². The monoisotopic (exact) mass is 362 g/mol. The Morgan fingerprint density at radius 1 is 1.20 bits per heavy atom. The molecular weight excluding hydrogens is 350 g/mol. The molecule has 1 saturated heterocycles. The van der Waals surface area contributed by atoms with Crippen LogP contribution >= 0.6 is 11.6 Å². The first-order chi connectivity index (χ1) is 12.0. The fraction of sp³-hybridized carbons (Fsp3) is 0.222. The second-order valence-electron chi connectivity index (χ2n) is 6.04. The standard InChI is InChI=1S/C18H13ClF2N2O2/c19-13-5-2-6-14(21)16(13)17-12-8-23(9-15(12)25-22-17)18(24)10-3-1-4-11(20)7-10/h1-7,12,15H,8-9H2.